The van der Waals surface area contributed by atoms with E-state index in [1.165, 1.54) is 26.4 Å². The Morgan fingerprint density at radius 1 is 1.37 bits per heavy atom. The van der Waals surface area contributed by atoms with E-state index in [-0.39, 0.29) is 23.5 Å². The molecule has 5 nitrogen and oxygen atoms in total. The zero-order valence-electron chi connectivity index (χ0n) is 11.0. The molecule has 1 unspecified atom stereocenters. The Hall–Kier alpha value is -1.95. The molecule has 0 fully saturated rings. The molecule has 0 heterocycles. The van der Waals surface area contributed by atoms with E-state index in [1.807, 2.05) is 0 Å². The average Bonchev–Trinajstić information content (AvgIpc) is 2.43. The summed E-state index contributed by atoms with van der Waals surface area (Å²) in [6.45, 7) is 0. The normalized spacial score (nSPS) is 11.8. The molecule has 1 N–H and O–H groups in total. The molecule has 0 bridgehead atoms. The van der Waals surface area contributed by atoms with Gasteiger partial charge < -0.3 is 14.8 Å². The van der Waals surface area contributed by atoms with Crippen molar-refractivity contribution in [3.63, 3.8) is 0 Å². The van der Waals surface area contributed by atoms with Crippen molar-refractivity contribution in [2.24, 2.45) is 0 Å². The minimum atomic E-state index is -0.750. The molecule has 0 saturated heterocycles. The van der Waals surface area contributed by atoms with E-state index >= 15 is 0 Å². The molecule has 0 aliphatic rings. The van der Waals surface area contributed by atoms with Crippen LogP contribution in [-0.2, 0) is 9.53 Å². The molecule has 1 aromatic carbocycles. The number of esters is 1. The molecule has 104 valence electrons. The average molecular weight is 269 g/mol. The Morgan fingerprint density at radius 3 is 2.53 bits per heavy atom. The van der Waals surface area contributed by atoms with Gasteiger partial charge in [0.15, 0.2) is 17.3 Å². The fourth-order valence-corrected chi connectivity index (χ4v) is 1.60. The largest absolute Gasteiger partial charge is 0.494 e. The van der Waals surface area contributed by atoms with Crippen molar-refractivity contribution >= 4 is 11.8 Å². The van der Waals surface area contributed by atoms with Crippen LogP contribution in [0.1, 0.15) is 16.8 Å². The number of benzene rings is 1. The third kappa shape index (κ3) is 3.75. The predicted molar refractivity (Wildman–Crippen MR) is 66.8 cm³/mol. The van der Waals surface area contributed by atoms with Gasteiger partial charge in [-0.15, -0.1) is 0 Å². The van der Waals surface area contributed by atoms with Gasteiger partial charge in [-0.05, 0) is 25.2 Å². The first-order valence-corrected chi connectivity index (χ1v) is 5.65. The summed E-state index contributed by atoms with van der Waals surface area (Å²) in [7, 11) is 4.13. The molecule has 1 atom stereocenters. The van der Waals surface area contributed by atoms with Crippen LogP contribution in [0, 0.1) is 5.82 Å². The second kappa shape index (κ2) is 6.84. The van der Waals surface area contributed by atoms with Gasteiger partial charge >= 0.3 is 5.97 Å². The lowest BCUT2D eigenvalue weighted by Gasteiger charge is -2.14. The first-order chi connectivity index (χ1) is 9.03. The van der Waals surface area contributed by atoms with Gasteiger partial charge in [0.2, 0.25) is 0 Å². The Morgan fingerprint density at radius 2 is 2.05 bits per heavy atom. The second-order valence-corrected chi connectivity index (χ2v) is 3.84. The Balaban J connectivity index is 2.91. The highest BCUT2D eigenvalue weighted by molar-refractivity contribution is 6.01. The Labute approximate surface area is 110 Å². The molecular formula is C13H16FNO4. The van der Waals surface area contributed by atoms with Gasteiger partial charge in [-0.3, -0.25) is 9.59 Å². The van der Waals surface area contributed by atoms with Gasteiger partial charge in [0.25, 0.3) is 0 Å². The highest BCUT2D eigenvalue weighted by Crippen LogP contribution is 2.19. The summed E-state index contributed by atoms with van der Waals surface area (Å²) in [5.74, 6) is -1.46. The zero-order valence-corrected chi connectivity index (χ0v) is 11.0. The number of Topliss-reactive ketones (excluding diaryl/α,β-unsaturated/α-hetero) is 1. The summed E-state index contributed by atoms with van der Waals surface area (Å²) >= 11 is 0. The number of carbonyl (C=O) groups excluding carboxylic acids is 2. The minimum absolute atomic E-state index is 0.0607. The quantitative estimate of drug-likeness (QED) is 0.620. The number of ketones is 1. The molecule has 0 radical (unpaired) electrons. The predicted octanol–water partition coefficient (Wildman–Crippen LogP) is 1.17. The van der Waals surface area contributed by atoms with Crippen molar-refractivity contribution in [2.75, 3.05) is 21.3 Å². The molecule has 0 aliphatic carbocycles. The third-order valence-corrected chi connectivity index (χ3v) is 2.70. The molecule has 0 spiro atoms. The van der Waals surface area contributed by atoms with E-state index in [1.54, 1.807) is 7.05 Å². The van der Waals surface area contributed by atoms with E-state index in [4.69, 9.17) is 4.74 Å². The number of likely N-dealkylation sites (N-methyl/N-ethyl adjacent to an activating group) is 1. The number of ether oxygens (including phenoxy) is 2. The van der Waals surface area contributed by atoms with Crippen molar-refractivity contribution in [3.05, 3.63) is 29.6 Å². The maximum absolute atomic E-state index is 13.5. The molecule has 0 aromatic heterocycles. The number of rotatable bonds is 6. The topological polar surface area (TPSA) is 64.6 Å². The van der Waals surface area contributed by atoms with E-state index in [0.717, 1.165) is 6.07 Å². The summed E-state index contributed by atoms with van der Waals surface area (Å²) in [5.41, 5.74) is 0.168. The molecule has 1 aromatic rings. The van der Waals surface area contributed by atoms with Crippen LogP contribution in [0.2, 0.25) is 0 Å². The third-order valence-electron chi connectivity index (χ3n) is 2.70. The fraction of sp³-hybridized carbons (Fsp3) is 0.385. The van der Waals surface area contributed by atoms with Crippen molar-refractivity contribution in [1.29, 1.82) is 0 Å². The lowest BCUT2D eigenvalue weighted by molar-refractivity contribution is -0.140. The Bertz CT molecular complexity index is 476. The minimum Gasteiger partial charge on any atom is -0.494 e. The van der Waals surface area contributed by atoms with Gasteiger partial charge in [0, 0.05) is 5.56 Å². The van der Waals surface area contributed by atoms with Crippen molar-refractivity contribution in [3.8, 4) is 5.75 Å². The SMILES string of the molecule is CNC(CC(=O)OC)C(=O)c1ccc(OC)c(F)c1. The van der Waals surface area contributed by atoms with E-state index in [0.29, 0.717) is 0 Å². The monoisotopic (exact) mass is 269 g/mol. The molecule has 19 heavy (non-hydrogen) atoms. The van der Waals surface area contributed by atoms with Gasteiger partial charge in [0.1, 0.15) is 0 Å². The first-order valence-electron chi connectivity index (χ1n) is 5.65. The maximum atomic E-state index is 13.5. The van der Waals surface area contributed by atoms with E-state index < -0.39 is 17.8 Å². The van der Waals surface area contributed by atoms with E-state index in [9.17, 15) is 14.0 Å². The maximum Gasteiger partial charge on any atom is 0.307 e. The summed E-state index contributed by atoms with van der Waals surface area (Å²) in [6, 6.07) is 3.16. The van der Waals surface area contributed by atoms with Crippen molar-refractivity contribution in [2.45, 2.75) is 12.5 Å². The molecule has 0 aliphatic heterocycles. The molecule has 0 amide bonds. The van der Waals surface area contributed by atoms with Gasteiger partial charge in [-0.25, -0.2) is 4.39 Å². The molecule has 6 heteroatoms. The van der Waals surface area contributed by atoms with Crippen LogP contribution in [0.25, 0.3) is 0 Å². The summed E-state index contributed by atoms with van der Waals surface area (Å²) < 4.78 is 22.8. The standard InChI is InChI=1S/C13H16FNO4/c1-15-10(7-12(16)19-3)13(17)8-4-5-11(18-2)9(14)6-8/h4-6,10,15H,7H2,1-3H3. The van der Waals surface area contributed by atoms with Crippen LogP contribution in [0.5, 0.6) is 5.75 Å². The lowest BCUT2D eigenvalue weighted by atomic mass is 10.0. The number of nitrogens with one attached hydrogen (secondary N) is 1. The van der Waals surface area contributed by atoms with Crippen LogP contribution < -0.4 is 10.1 Å². The van der Waals surface area contributed by atoms with Gasteiger partial charge in [-0.1, -0.05) is 0 Å². The lowest BCUT2D eigenvalue weighted by Crippen LogP contribution is -2.36. The number of hydrogen-bond donors (Lipinski definition) is 1. The van der Waals surface area contributed by atoms with Crippen LogP contribution in [0.4, 0.5) is 4.39 Å². The highest BCUT2D eigenvalue weighted by Gasteiger charge is 2.22. The van der Waals surface area contributed by atoms with E-state index in [2.05, 4.69) is 10.1 Å². The molecule has 1 rings (SSSR count). The van der Waals surface area contributed by atoms with Crippen molar-refractivity contribution < 1.29 is 23.5 Å². The molecule has 0 saturated carbocycles. The first kappa shape index (κ1) is 15.1. The van der Waals surface area contributed by atoms with Crippen LogP contribution in [0.15, 0.2) is 18.2 Å². The summed E-state index contributed by atoms with van der Waals surface area (Å²) in [6.07, 6.45) is -0.112. The number of carbonyl (C=O) groups is 2. The number of hydrogen-bond acceptors (Lipinski definition) is 5. The number of halogens is 1. The van der Waals surface area contributed by atoms with Gasteiger partial charge in [0.05, 0.1) is 26.7 Å². The second-order valence-electron chi connectivity index (χ2n) is 3.84. The smallest absolute Gasteiger partial charge is 0.307 e. The highest BCUT2D eigenvalue weighted by atomic mass is 19.1. The van der Waals surface area contributed by atoms with Crippen LogP contribution in [-0.4, -0.2) is 39.1 Å². The summed E-state index contributed by atoms with van der Waals surface area (Å²) in [4.78, 5) is 23.3. The fourth-order valence-electron chi connectivity index (χ4n) is 1.60. The van der Waals surface area contributed by atoms with Crippen LogP contribution >= 0.6 is 0 Å². The zero-order chi connectivity index (χ0) is 14.4. The van der Waals surface area contributed by atoms with Gasteiger partial charge in [-0.2, -0.15) is 0 Å². The summed E-state index contributed by atoms with van der Waals surface area (Å²) in [5, 5.41) is 2.71. The Kier molecular flexibility index (Phi) is 5.44. The van der Waals surface area contributed by atoms with Crippen molar-refractivity contribution in [1.82, 2.24) is 5.32 Å². The molecular weight excluding hydrogens is 253 g/mol. The van der Waals surface area contributed by atoms with Crippen LogP contribution in [0.3, 0.4) is 0 Å². The number of methoxy groups -OCH3 is 2.